The lowest BCUT2D eigenvalue weighted by Crippen LogP contribution is -2.17. The third-order valence-corrected chi connectivity index (χ3v) is 3.32. The van der Waals surface area contributed by atoms with Crippen LogP contribution in [0.25, 0.3) is 0 Å². The zero-order valence-corrected chi connectivity index (χ0v) is 11.9. The van der Waals surface area contributed by atoms with Gasteiger partial charge in [-0.05, 0) is 54.9 Å². The van der Waals surface area contributed by atoms with Gasteiger partial charge >= 0.3 is 0 Å². The van der Waals surface area contributed by atoms with Crippen LogP contribution in [0.5, 0.6) is 0 Å². The zero-order valence-electron chi connectivity index (χ0n) is 10.4. The molecule has 0 saturated carbocycles. The highest BCUT2D eigenvalue weighted by molar-refractivity contribution is 6.31. The van der Waals surface area contributed by atoms with E-state index in [4.69, 9.17) is 23.2 Å². The van der Waals surface area contributed by atoms with E-state index in [2.05, 4.69) is 17.4 Å². The van der Waals surface area contributed by atoms with Crippen molar-refractivity contribution in [1.82, 2.24) is 5.32 Å². The van der Waals surface area contributed by atoms with Crippen LogP contribution in [0.4, 0.5) is 0 Å². The Hall–Kier alpha value is -1.02. The van der Waals surface area contributed by atoms with Crippen LogP contribution in [-0.4, -0.2) is 7.05 Å². The number of halogens is 2. The maximum absolute atomic E-state index is 6.12. The third kappa shape index (κ3) is 3.05. The molecule has 1 atom stereocenters. The largest absolute Gasteiger partial charge is 0.309 e. The highest BCUT2D eigenvalue weighted by atomic mass is 35.5. The van der Waals surface area contributed by atoms with Crippen molar-refractivity contribution in [3.8, 4) is 0 Å². The number of hydrogen-bond donors (Lipinski definition) is 1. The fraction of sp³-hybridized carbons (Fsp3) is 0.200. The maximum atomic E-state index is 6.12. The number of aryl methyl sites for hydroxylation is 1. The minimum atomic E-state index is 0.0982. The van der Waals surface area contributed by atoms with E-state index < -0.39 is 0 Å². The van der Waals surface area contributed by atoms with E-state index in [0.29, 0.717) is 0 Å². The van der Waals surface area contributed by atoms with Crippen molar-refractivity contribution in [3.63, 3.8) is 0 Å². The number of hydrogen-bond acceptors (Lipinski definition) is 1. The summed E-state index contributed by atoms with van der Waals surface area (Å²) in [5, 5.41) is 4.80. The molecule has 1 N–H and O–H groups in total. The maximum Gasteiger partial charge on any atom is 0.0575 e. The van der Waals surface area contributed by atoms with Crippen molar-refractivity contribution in [1.29, 1.82) is 0 Å². The molecular weight excluding hydrogens is 265 g/mol. The highest BCUT2D eigenvalue weighted by Crippen LogP contribution is 2.27. The molecule has 0 aliphatic rings. The average Bonchev–Trinajstić information content (AvgIpc) is 2.28. The Morgan fingerprint density at radius 1 is 0.944 bits per heavy atom. The minimum Gasteiger partial charge on any atom is -0.309 e. The average molecular weight is 280 g/mol. The van der Waals surface area contributed by atoms with E-state index in [1.807, 2.05) is 44.3 Å². The first-order valence-corrected chi connectivity index (χ1v) is 6.55. The standard InChI is InChI=1S/C15H15Cl2N/c1-10-6-12(9-14(17)7-10)15(18-2)11-4-3-5-13(16)8-11/h3-9,15,18H,1-2H3. The van der Waals surface area contributed by atoms with E-state index in [1.165, 1.54) is 0 Å². The lowest BCUT2D eigenvalue weighted by molar-refractivity contribution is 0.691. The lowest BCUT2D eigenvalue weighted by Gasteiger charge is -2.18. The summed E-state index contributed by atoms with van der Waals surface area (Å²) in [6.07, 6.45) is 0. The van der Waals surface area contributed by atoms with Gasteiger partial charge in [0.1, 0.15) is 0 Å². The van der Waals surface area contributed by atoms with Gasteiger partial charge in [-0.3, -0.25) is 0 Å². The molecule has 0 radical (unpaired) electrons. The molecule has 1 unspecified atom stereocenters. The first kappa shape index (κ1) is 13.4. The highest BCUT2D eigenvalue weighted by Gasteiger charge is 2.13. The molecule has 3 heteroatoms. The Kier molecular flexibility index (Phi) is 4.28. The van der Waals surface area contributed by atoms with E-state index in [-0.39, 0.29) is 6.04 Å². The summed E-state index contributed by atoms with van der Waals surface area (Å²) in [5.41, 5.74) is 3.43. The fourth-order valence-corrected chi connectivity index (χ4v) is 2.64. The number of rotatable bonds is 3. The molecule has 0 spiro atoms. The molecule has 0 heterocycles. The molecule has 0 bridgehead atoms. The van der Waals surface area contributed by atoms with Crippen LogP contribution in [0, 0.1) is 6.92 Å². The Labute approximate surface area is 118 Å². The van der Waals surface area contributed by atoms with Gasteiger partial charge in [0.15, 0.2) is 0 Å². The molecule has 18 heavy (non-hydrogen) atoms. The summed E-state index contributed by atoms with van der Waals surface area (Å²) in [6, 6.07) is 14.0. The summed E-state index contributed by atoms with van der Waals surface area (Å²) >= 11 is 12.2. The van der Waals surface area contributed by atoms with E-state index >= 15 is 0 Å². The topological polar surface area (TPSA) is 12.0 Å². The smallest absolute Gasteiger partial charge is 0.0575 e. The van der Waals surface area contributed by atoms with Gasteiger partial charge in [0.2, 0.25) is 0 Å². The fourth-order valence-electron chi connectivity index (χ4n) is 2.14. The van der Waals surface area contributed by atoms with Crippen LogP contribution < -0.4 is 5.32 Å². The molecule has 1 nitrogen and oxygen atoms in total. The van der Waals surface area contributed by atoms with Crippen LogP contribution in [0.2, 0.25) is 10.0 Å². The third-order valence-electron chi connectivity index (χ3n) is 2.87. The molecule has 0 aliphatic carbocycles. The normalized spacial score (nSPS) is 12.4. The quantitative estimate of drug-likeness (QED) is 0.865. The van der Waals surface area contributed by atoms with Crippen molar-refractivity contribution in [2.45, 2.75) is 13.0 Å². The predicted molar refractivity (Wildman–Crippen MR) is 78.5 cm³/mol. The second-order valence-electron chi connectivity index (χ2n) is 4.34. The van der Waals surface area contributed by atoms with Crippen molar-refractivity contribution in [2.75, 3.05) is 7.05 Å². The van der Waals surface area contributed by atoms with Crippen LogP contribution >= 0.6 is 23.2 Å². The second-order valence-corrected chi connectivity index (χ2v) is 5.21. The SMILES string of the molecule is CNC(c1cccc(Cl)c1)c1cc(C)cc(Cl)c1. The van der Waals surface area contributed by atoms with Crippen molar-refractivity contribution in [3.05, 3.63) is 69.2 Å². The van der Waals surface area contributed by atoms with Crippen LogP contribution in [0.15, 0.2) is 42.5 Å². The van der Waals surface area contributed by atoms with Crippen molar-refractivity contribution < 1.29 is 0 Å². The van der Waals surface area contributed by atoms with Crippen molar-refractivity contribution >= 4 is 23.2 Å². The Bertz CT molecular complexity index is 532. The molecular formula is C15H15Cl2N. The molecule has 0 aromatic heterocycles. The predicted octanol–water partition coefficient (Wildman–Crippen LogP) is 4.61. The van der Waals surface area contributed by atoms with Gasteiger partial charge in [-0.25, -0.2) is 0 Å². The van der Waals surface area contributed by atoms with Gasteiger partial charge in [0.25, 0.3) is 0 Å². The molecule has 0 saturated heterocycles. The van der Waals surface area contributed by atoms with Gasteiger partial charge in [-0.1, -0.05) is 41.4 Å². The second kappa shape index (κ2) is 5.75. The molecule has 0 amide bonds. The van der Waals surface area contributed by atoms with Gasteiger partial charge in [0.05, 0.1) is 6.04 Å². The van der Waals surface area contributed by atoms with Crippen LogP contribution in [0.3, 0.4) is 0 Å². The van der Waals surface area contributed by atoms with Crippen LogP contribution in [0.1, 0.15) is 22.7 Å². The van der Waals surface area contributed by atoms with Gasteiger partial charge in [-0.15, -0.1) is 0 Å². The Balaban J connectivity index is 2.45. The van der Waals surface area contributed by atoms with Gasteiger partial charge in [0, 0.05) is 10.0 Å². The first-order valence-electron chi connectivity index (χ1n) is 5.80. The summed E-state index contributed by atoms with van der Waals surface area (Å²) in [5.74, 6) is 0. The zero-order chi connectivity index (χ0) is 13.1. The van der Waals surface area contributed by atoms with Crippen molar-refractivity contribution in [2.24, 2.45) is 0 Å². The molecule has 94 valence electrons. The molecule has 2 aromatic rings. The lowest BCUT2D eigenvalue weighted by atomic mass is 9.97. The molecule has 2 aromatic carbocycles. The monoisotopic (exact) mass is 279 g/mol. The summed E-state index contributed by atoms with van der Waals surface area (Å²) in [7, 11) is 1.93. The molecule has 0 fully saturated rings. The van der Waals surface area contributed by atoms with E-state index in [9.17, 15) is 0 Å². The number of benzene rings is 2. The number of nitrogens with one attached hydrogen (secondary N) is 1. The van der Waals surface area contributed by atoms with E-state index in [0.717, 1.165) is 26.7 Å². The molecule has 0 aliphatic heterocycles. The van der Waals surface area contributed by atoms with Gasteiger partial charge in [-0.2, -0.15) is 0 Å². The Morgan fingerprint density at radius 2 is 1.67 bits per heavy atom. The van der Waals surface area contributed by atoms with E-state index in [1.54, 1.807) is 0 Å². The first-order chi connectivity index (χ1) is 8.60. The minimum absolute atomic E-state index is 0.0982. The summed E-state index contributed by atoms with van der Waals surface area (Å²) in [6.45, 7) is 2.04. The summed E-state index contributed by atoms with van der Waals surface area (Å²) < 4.78 is 0. The Morgan fingerprint density at radius 3 is 2.28 bits per heavy atom. The molecule has 2 rings (SSSR count). The van der Waals surface area contributed by atoms with Crippen LogP contribution in [-0.2, 0) is 0 Å². The van der Waals surface area contributed by atoms with Gasteiger partial charge < -0.3 is 5.32 Å². The summed E-state index contributed by atoms with van der Waals surface area (Å²) in [4.78, 5) is 0.